The average molecular weight is 384 g/mol. The van der Waals surface area contributed by atoms with Crippen LogP contribution in [0.4, 0.5) is 10.5 Å². The van der Waals surface area contributed by atoms with Crippen LogP contribution in [0.3, 0.4) is 0 Å². The van der Waals surface area contributed by atoms with Crippen molar-refractivity contribution in [3.63, 3.8) is 0 Å². The maximum Gasteiger partial charge on any atom is 0.407 e. The molecule has 2 rings (SSSR count). The highest BCUT2D eigenvalue weighted by Gasteiger charge is 2.16. The maximum absolute atomic E-state index is 12.3. The van der Waals surface area contributed by atoms with Crippen LogP contribution in [-0.2, 0) is 11.3 Å². The summed E-state index contributed by atoms with van der Waals surface area (Å²) in [5.41, 5.74) is 1.94. The lowest BCUT2D eigenvalue weighted by molar-refractivity contribution is 0.0522. The third-order valence-electron chi connectivity index (χ3n) is 3.77. The monoisotopic (exact) mass is 384 g/mol. The van der Waals surface area contributed by atoms with Gasteiger partial charge in [0, 0.05) is 17.8 Å². The molecule has 0 atom stereocenters. The van der Waals surface area contributed by atoms with Gasteiger partial charge in [0.05, 0.1) is 5.56 Å². The summed E-state index contributed by atoms with van der Waals surface area (Å²) in [6.45, 7) is 7.33. The van der Waals surface area contributed by atoms with E-state index in [2.05, 4.69) is 10.6 Å². The Balaban J connectivity index is 1.95. The Hall–Kier alpha value is -3.35. The van der Waals surface area contributed by atoms with Gasteiger partial charge in [0.15, 0.2) is 0 Å². The number of carbonyl (C=O) groups is 3. The molecule has 0 aliphatic rings. The molecule has 0 unspecified atom stereocenters. The lowest BCUT2D eigenvalue weighted by Gasteiger charge is -2.19. The SMILES string of the molecule is Cc1cc(C(=O)Nc2ccc(CNC(=O)OC(C)(C)C)cc2)ccc1C(=O)O. The number of carboxylic acids is 1. The zero-order chi connectivity index (χ0) is 20.9. The van der Waals surface area contributed by atoms with Crippen LogP contribution < -0.4 is 10.6 Å². The summed E-state index contributed by atoms with van der Waals surface area (Å²) < 4.78 is 5.17. The number of benzene rings is 2. The highest BCUT2D eigenvalue weighted by atomic mass is 16.6. The molecule has 7 nitrogen and oxygen atoms in total. The standard InChI is InChI=1S/C21H24N2O5/c1-13-11-15(7-10-17(13)19(25)26)18(24)23-16-8-5-14(6-9-16)12-22-20(27)28-21(2,3)4/h5-11H,12H2,1-4H3,(H,22,27)(H,23,24)(H,25,26). The molecule has 7 heteroatoms. The van der Waals surface area contributed by atoms with Crippen LogP contribution in [-0.4, -0.2) is 28.7 Å². The number of nitrogens with one attached hydrogen (secondary N) is 2. The molecule has 0 aliphatic heterocycles. The highest BCUT2D eigenvalue weighted by Crippen LogP contribution is 2.15. The number of rotatable bonds is 5. The van der Waals surface area contributed by atoms with Crippen molar-refractivity contribution >= 4 is 23.7 Å². The van der Waals surface area contributed by atoms with Crippen molar-refractivity contribution in [2.24, 2.45) is 0 Å². The second-order valence-corrected chi connectivity index (χ2v) is 7.34. The predicted octanol–water partition coefficient (Wildman–Crippen LogP) is 3.97. The van der Waals surface area contributed by atoms with Gasteiger partial charge in [-0.1, -0.05) is 12.1 Å². The fourth-order valence-corrected chi connectivity index (χ4v) is 2.44. The first kappa shape index (κ1) is 21.0. The summed E-state index contributed by atoms with van der Waals surface area (Å²) in [6, 6.07) is 11.4. The average Bonchev–Trinajstić information content (AvgIpc) is 2.59. The zero-order valence-electron chi connectivity index (χ0n) is 16.3. The summed E-state index contributed by atoms with van der Waals surface area (Å²) >= 11 is 0. The number of aromatic carboxylic acids is 1. The van der Waals surface area contributed by atoms with Gasteiger partial charge in [-0.2, -0.15) is 0 Å². The first-order chi connectivity index (χ1) is 13.0. The van der Waals surface area contributed by atoms with Gasteiger partial charge < -0.3 is 20.5 Å². The highest BCUT2D eigenvalue weighted by molar-refractivity contribution is 6.05. The van der Waals surface area contributed by atoms with Crippen molar-refractivity contribution in [1.82, 2.24) is 5.32 Å². The molecule has 0 radical (unpaired) electrons. The van der Waals surface area contributed by atoms with Crippen molar-refractivity contribution in [2.45, 2.75) is 39.8 Å². The Kier molecular flexibility index (Phi) is 6.41. The number of ether oxygens (including phenoxy) is 1. The molecular weight excluding hydrogens is 360 g/mol. The minimum Gasteiger partial charge on any atom is -0.478 e. The van der Waals surface area contributed by atoms with E-state index in [1.165, 1.54) is 18.2 Å². The molecule has 2 amide bonds. The number of carbonyl (C=O) groups excluding carboxylic acids is 2. The van der Waals surface area contributed by atoms with Crippen LogP contribution in [0.25, 0.3) is 0 Å². The van der Waals surface area contributed by atoms with E-state index in [9.17, 15) is 14.4 Å². The molecule has 2 aromatic carbocycles. The second kappa shape index (κ2) is 8.56. The van der Waals surface area contributed by atoms with E-state index in [0.29, 0.717) is 23.4 Å². The smallest absolute Gasteiger partial charge is 0.407 e. The van der Waals surface area contributed by atoms with Gasteiger partial charge in [0.2, 0.25) is 0 Å². The van der Waals surface area contributed by atoms with Crippen LogP contribution in [0.1, 0.15) is 52.6 Å². The topological polar surface area (TPSA) is 105 Å². The van der Waals surface area contributed by atoms with E-state index in [0.717, 1.165) is 5.56 Å². The van der Waals surface area contributed by atoms with Gasteiger partial charge in [-0.3, -0.25) is 4.79 Å². The Morgan fingerprint density at radius 1 is 1.04 bits per heavy atom. The van der Waals surface area contributed by atoms with Crippen molar-refractivity contribution in [3.05, 3.63) is 64.7 Å². The zero-order valence-corrected chi connectivity index (χ0v) is 16.3. The van der Waals surface area contributed by atoms with Crippen LogP contribution in [0.2, 0.25) is 0 Å². The fraction of sp³-hybridized carbons (Fsp3) is 0.286. The summed E-state index contributed by atoms with van der Waals surface area (Å²) in [5.74, 6) is -1.36. The molecule has 2 aromatic rings. The molecule has 0 aromatic heterocycles. The fourth-order valence-electron chi connectivity index (χ4n) is 2.44. The van der Waals surface area contributed by atoms with Crippen molar-refractivity contribution in [1.29, 1.82) is 0 Å². The minimum atomic E-state index is -1.03. The van der Waals surface area contributed by atoms with Crippen molar-refractivity contribution < 1.29 is 24.2 Å². The van der Waals surface area contributed by atoms with Crippen LogP contribution >= 0.6 is 0 Å². The van der Waals surface area contributed by atoms with Gasteiger partial charge >= 0.3 is 12.1 Å². The second-order valence-electron chi connectivity index (χ2n) is 7.34. The van der Waals surface area contributed by atoms with Gasteiger partial charge in [0.1, 0.15) is 5.60 Å². The first-order valence-corrected chi connectivity index (χ1v) is 8.76. The molecule has 148 valence electrons. The van der Waals surface area contributed by atoms with Gasteiger partial charge in [0.25, 0.3) is 5.91 Å². The van der Waals surface area contributed by atoms with Crippen molar-refractivity contribution in [3.8, 4) is 0 Å². The molecular formula is C21H24N2O5. The van der Waals surface area contributed by atoms with E-state index in [-0.39, 0.29) is 11.5 Å². The van der Waals surface area contributed by atoms with Gasteiger partial charge in [-0.25, -0.2) is 9.59 Å². The van der Waals surface area contributed by atoms with Crippen LogP contribution in [0, 0.1) is 6.92 Å². The molecule has 0 heterocycles. The third-order valence-corrected chi connectivity index (χ3v) is 3.77. The van der Waals surface area contributed by atoms with Crippen LogP contribution in [0.5, 0.6) is 0 Å². The lowest BCUT2D eigenvalue weighted by Crippen LogP contribution is -2.32. The number of carboxylic acid groups (broad SMARTS) is 1. The molecule has 3 N–H and O–H groups in total. The summed E-state index contributed by atoms with van der Waals surface area (Å²) in [7, 11) is 0. The Morgan fingerprint density at radius 3 is 2.21 bits per heavy atom. The van der Waals surface area contributed by atoms with E-state index in [1.54, 1.807) is 52.0 Å². The number of aryl methyl sites for hydroxylation is 1. The normalized spacial score (nSPS) is 10.9. The van der Waals surface area contributed by atoms with Gasteiger partial charge in [-0.15, -0.1) is 0 Å². The largest absolute Gasteiger partial charge is 0.478 e. The summed E-state index contributed by atoms with van der Waals surface area (Å²) in [6.07, 6.45) is -0.495. The number of alkyl carbamates (subject to hydrolysis) is 1. The van der Waals surface area contributed by atoms with Gasteiger partial charge in [-0.05, 0) is 69.2 Å². The lowest BCUT2D eigenvalue weighted by atomic mass is 10.0. The van der Waals surface area contributed by atoms with E-state index < -0.39 is 17.7 Å². The van der Waals surface area contributed by atoms with Crippen molar-refractivity contribution in [2.75, 3.05) is 5.32 Å². The van der Waals surface area contributed by atoms with E-state index in [4.69, 9.17) is 9.84 Å². The molecule has 0 bridgehead atoms. The molecule has 0 saturated heterocycles. The van der Waals surface area contributed by atoms with E-state index in [1.807, 2.05) is 0 Å². The summed E-state index contributed by atoms with van der Waals surface area (Å²) in [5, 5.41) is 14.5. The van der Waals surface area contributed by atoms with E-state index >= 15 is 0 Å². The quantitative estimate of drug-likeness (QED) is 0.723. The molecule has 0 saturated carbocycles. The maximum atomic E-state index is 12.3. The molecule has 0 spiro atoms. The number of anilines is 1. The predicted molar refractivity (Wildman–Crippen MR) is 106 cm³/mol. The van der Waals surface area contributed by atoms with Crippen LogP contribution in [0.15, 0.2) is 42.5 Å². The number of hydrogen-bond acceptors (Lipinski definition) is 4. The minimum absolute atomic E-state index is 0.165. The number of hydrogen-bond donors (Lipinski definition) is 3. The Bertz CT molecular complexity index is 883. The Morgan fingerprint density at radius 2 is 1.68 bits per heavy atom. The number of amides is 2. The molecule has 0 aliphatic carbocycles. The summed E-state index contributed by atoms with van der Waals surface area (Å²) in [4.78, 5) is 35.1. The molecule has 0 fully saturated rings. The molecule has 28 heavy (non-hydrogen) atoms. The third kappa shape index (κ3) is 6.12. The Labute approximate surface area is 163 Å². The first-order valence-electron chi connectivity index (χ1n) is 8.76.